The maximum absolute atomic E-state index is 12.7. The van der Waals surface area contributed by atoms with E-state index in [0.717, 1.165) is 11.1 Å². The van der Waals surface area contributed by atoms with E-state index >= 15 is 0 Å². The van der Waals surface area contributed by atoms with Crippen molar-refractivity contribution in [2.24, 2.45) is 0 Å². The van der Waals surface area contributed by atoms with E-state index < -0.39 is 7.37 Å². The van der Waals surface area contributed by atoms with Crippen LogP contribution in [0.5, 0.6) is 0 Å². The second kappa shape index (κ2) is 5.30. The first-order valence-electron chi connectivity index (χ1n) is 5.68. The van der Waals surface area contributed by atoms with E-state index in [1.165, 1.54) is 0 Å². The van der Waals surface area contributed by atoms with Crippen molar-refractivity contribution in [1.82, 2.24) is 0 Å². The molecule has 0 unspecified atom stereocenters. The lowest BCUT2D eigenvalue weighted by Gasteiger charge is -2.16. The Kier molecular flexibility index (Phi) is 4.08. The average Bonchev–Trinajstić information content (AvgIpc) is 2.35. The van der Waals surface area contributed by atoms with E-state index in [9.17, 15) is 9.46 Å². The van der Waals surface area contributed by atoms with E-state index in [1.54, 1.807) is 36.4 Å². The largest absolute Gasteiger partial charge is 0.338 e. The Balaban J connectivity index is 2.68. The zero-order valence-electron chi connectivity index (χ0n) is 10.5. The molecule has 19 heavy (non-hydrogen) atoms. The van der Waals surface area contributed by atoms with Gasteiger partial charge in [-0.2, -0.15) is 0 Å². The van der Waals surface area contributed by atoms with Crippen LogP contribution in [0.25, 0.3) is 0 Å². The van der Waals surface area contributed by atoms with Crippen molar-refractivity contribution >= 4 is 41.2 Å². The molecule has 0 atom stereocenters. The van der Waals surface area contributed by atoms with Crippen molar-refractivity contribution in [1.29, 1.82) is 0 Å². The molecule has 0 radical (unpaired) electrons. The summed E-state index contributed by atoms with van der Waals surface area (Å²) in [7, 11) is -3.79. The van der Waals surface area contributed by atoms with E-state index in [4.69, 9.17) is 23.2 Å². The van der Waals surface area contributed by atoms with Gasteiger partial charge in [0.15, 0.2) is 0 Å². The Morgan fingerprint density at radius 3 is 1.63 bits per heavy atom. The molecule has 5 heteroatoms. The third kappa shape index (κ3) is 2.88. The summed E-state index contributed by atoms with van der Waals surface area (Å²) in [5.41, 5.74) is 1.75. The summed E-state index contributed by atoms with van der Waals surface area (Å²) in [5.74, 6) is 0. The second-order valence-electron chi connectivity index (χ2n) is 4.49. The molecule has 0 amide bonds. The smallest absolute Gasteiger partial charge is 0.261 e. The minimum absolute atomic E-state index is 0.224. The summed E-state index contributed by atoms with van der Waals surface area (Å²) >= 11 is 12.1. The molecule has 2 aromatic carbocycles. The number of rotatable bonds is 2. The molecule has 0 saturated heterocycles. The first-order chi connectivity index (χ1) is 8.82. The van der Waals surface area contributed by atoms with Gasteiger partial charge in [0.1, 0.15) is 0 Å². The van der Waals surface area contributed by atoms with Crippen molar-refractivity contribution in [2.45, 2.75) is 13.8 Å². The molecule has 1 N–H and O–H groups in total. The van der Waals surface area contributed by atoms with Crippen LogP contribution in [0.15, 0.2) is 36.4 Å². The fourth-order valence-corrected chi connectivity index (χ4v) is 4.51. The van der Waals surface area contributed by atoms with Gasteiger partial charge in [0.2, 0.25) is 0 Å². The van der Waals surface area contributed by atoms with Gasteiger partial charge in [-0.05, 0) is 38.1 Å². The van der Waals surface area contributed by atoms with Crippen LogP contribution < -0.4 is 10.6 Å². The van der Waals surface area contributed by atoms with Crippen LogP contribution in [0.3, 0.4) is 0 Å². The molecule has 0 spiro atoms. The Labute approximate surface area is 122 Å². The van der Waals surface area contributed by atoms with E-state index in [0.29, 0.717) is 0 Å². The molecular weight excluding hydrogens is 302 g/mol. The van der Waals surface area contributed by atoms with Gasteiger partial charge in [-0.1, -0.05) is 46.5 Å². The van der Waals surface area contributed by atoms with Gasteiger partial charge < -0.3 is 4.89 Å². The highest BCUT2D eigenvalue weighted by Crippen LogP contribution is 2.43. The van der Waals surface area contributed by atoms with Crippen molar-refractivity contribution in [3.63, 3.8) is 0 Å². The summed E-state index contributed by atoms with van der Waals surface area (Å²) in [4.78, 5) is 10.5. The third-order valence-electron chi connectivity index (χ3n) is 2.86. The SMILES string of the molecule is Cc1ccc(Cl)c(P(=O)(O)c2cc(C)ccc2Cl)c1. The molecule has 0 fully saturated rings. The molecule has 0 heterocycles. The van der Waals surface area contributed by atoms with Crippen LogP contribution in [0.1, 0.15) is 11.1 Å². The van der Waals surface area contributed by atoms with Crippen LogP contribution in [-0.4, -0.2) is 4.89 Å². The second-order valence-corrected chi connectivity index (χ2v) is 7.42. The minimum Gasteiger partial charge on any atom is -0.338 e. The summed E-state index contributed by atoms with van der Waals surface area (Å²) in [5, 5.41) is 0.992. The van der Waals surface area contributed by atoms with Crippen molar-refractivity contribution in [2.75, 3.05) is 0 Å². The Morgan fingerprint density at radius 2 is 1.26 bits per heavy atom. The normalized spacial score (nSPS) is 11.6. The summed E-state index contributed by atoms with van der Waals surface area (Å²) in [6, 6.07) is 10.1. The van der Waals surface area contributed by atoms with Crippen molar-refractivity contribution in [3.8, 4) is 0 Å². The van der Waals surface area contributed by atoms with E-state index in [-0.39, 0.29) is 20.7 Å². The fraction of sp³-hybridized carbons (Fsp3) is 0.143. The topological polar surface area (TPSA) is 37.3 Å². The van der Waals surface area contributed by atoms with E-state index in [2.05, 4.69) is 0 Å². The molecule has 0 aromatic heterocycles. The van der Waals surface area contributed by atoms with Gasteiger partial charge in [0, 0.05) is 0 Å². The Hall–Kier alpha value is -0.790. The van der Waals surface area contributed by atoms with Crippen molar-refractivity contribution < 1.29 is 9.46 Å². The average molecular weight is 315 g/mol. The molecule has 2 rings (SSSR count). The maximum Gasteiger partial charge on any atom is 0.261 e. The number of aryl methyl sites for hydroxylation is 2. The molecule has 2 aromatic rings. The molecule has 0 aliphatic carbocycles. The third-order valence-corrected chi connectivity index (χ3v) is 5.83. The van der Waals surface area contributed by atoms with Crippen LogP contribution >= 0.6 is 30.6 Å². The van der Waals surface area contributed by atoms with Gasteiger partial charge in [-0.3, -0.25) is 4.57 Å². The van der Waals surface area contributed by atoms with Gasteiger partial charge in [0.05, 0.1) is 20.7 Å². The quantitative estimate of drug-likeness (QED) is 0.855. The Bertz CT molecular complexity index is 628. The molecule has 100 valence electrons. The fourth-order valence-electron chi connectivity index (χ4n) is 1.84. The first kappa shape index (κ1) is 14.6. The van der Waals surface area contributed by atoms with Gasteiger partial charge in [-0.25, -0.2) is 0 Å². The summed E-state index contributed by atoms with van der Waals surface area (Å²) < 4.78 is 12.7. The summed E-state index contributed by atoms with van der Waals surface area (Å²) in [6.07, 6.45) is 0. The van der Waals surface area contributed by atoms with Gasteiger partial charge >= 0.3 is 0 Å². The lowest BCUT2D eigenvalue weighted by atomic mass is 10.2. The molecule has 0 aliphatic rings. The predicted molar refractivity (Wildman–Crippen MR) is 81.5 cm³/mol. The molecule has 2 nitrogen and oxygen atoms in total. The highest BCUT2D eigenvalue weighted by molar-refractivity contribution is 7.74. The molecule has 0 aliphatic heterocycles. The van der Waals surface area contributed by atoms with Crippen LogP contribution in [-0.2, 0) is 4.57 Å². The zero-order chi connectivity index (χ0) is 14.2. The number of hydrogen-bond donors (Lipinski definition) is 1. The molecular formula is C14H13Cl2O2P. The highest BCUT2D eigenvalue weighted by Gasteiger charge is 2.29. The number of benzene rings is 2. The molecule has 0 saturated carbocycles. The van der Waals surface area contributed by atoms with Crippen LogP contribution in [0.4, 0.5) is 0 Å². The van der Waals surface area contributed by atoms with Crippen LogP contribution in [0.2, 0.25) is 10.0 Å². The van der Waals surface area contributed by atoms with E-state index in [1.807, 2.05) is 13.8 Å². The zero-order valence-corrected chi connectivity index (χ0v) is 12.9. The number of halogens is 2. The maximum atomic E-state index is 12.7. The summed E-state index contributed by atoms with van der Waals surface area (Å²) in [6.45, 7) is 3.69. The van der Waals surface area contributed by atoms with Gasteiger partial charge in [-0.15, -0.1) is 0 Å². The van der Waals surface area contributed by atoms with Gasteiger partial charge in [0.25, 0.3) is 7.37 Å². The number of hydrogen-bond acceptors (Lipinski definition) is 1. The minimum atomic E-state index is -3.79. The lowest BCUT2D eigenvalue weighted by molar-refractivity contribution is 0.501. The molecule has 0 bridgehead atoms. The van der Waals surface area contributed by atoms with Crippen LogP contribution in [0, 0.1) is 13.8 Å². The predicted octanol–water partition coefficient (Wildman–Crippen LogP) is 3.83. The highest BCUT2D eigenvalue weighted by atomic mass is 35.5. The standard InChI is InChI=1S/C14H13Cl2O2P/c1-9-3-5-11(15)13(7-9)19(17,18)14-8-10(2)4-6-12(14)16/h3-8H,1-2H3,(H,17,18). The monoisotopic (exact) mass is 314 g/mol. The van der Waals surface area contributed by atoms with Crippen molar-refractivity contribution in [3.05, 3.63) is 57.6 Å². The Morgan fingerprint density at radius 1 is 0.895 bits per heavy atom. The first-order valence-corrected chi connectivity index (χ1v) is 8.10. The lowest BCUT2D eigenvalue weighted by Crippen LogP contribution is -2.18.